The van der Waals surface area contributed by atoms with Crippen LogP contribution in [-0.2, 0) is 51.1 Å². The Bertz CT molecular complexity index is 2620. The van der Waals surface area contributed by atoms with E-state index >= 15 is 0 Å². The Morgan fingerprint density at radius 2 is 0.898 bits per heavy atom. The second kappa shape index (κ2) is 18.7. The summed E-state index contributed by atoms with van der Waals surface area (Å²) in [6.45, 7) is -1.78. The summed E-state index contributed by atoms with van der Waals surface area (Å²) in [5.74, 6) is -7.25. The zero-order chi connectivity index (χ0) is 42.2. The number of esters is 2. The van der Waals surface area contributed by atoms with Gasteiger partial charge in [-0.3, -0.25) is 9.59 Å². The van der Waals surface area contributed by atoms with E-state index in [1.807, 2.05) is 0 Å². The van der Waals surface area contributed by atoms with Gasteiger partial charge in [0, 0.05) is 22.2 Å². The SMILES string of the molecule is O=C(OC(=O)c1oc(CNS(=O)(=O)c2ccc(Cl)cc2)cc(=O)c1OCc1ccccc1)c1oc(CNS(=O)(=O)c2ccc(Cl)cc2)cc(=O)c1OCc1ccccc1. The Hall–Kier alpha value is -6.08. The van der Waals surface area contributed by atoms with E-state index in [4.69, 9.17) is 46.2 Å². The highest BCUT2D eigenvalue weighted by molar-refractivity contribution is 7.89. The molecule has 0 amide bonds. The van der Waals surface area contributed by atoms with Crippen molar-refractivity contribution in [3.05, 3.63) is 186 Å². The lowest BCUT2D eigenvalue weighted by Gasteiger charge is -2.13. The first-order chi connectivity index (χ1) is 28.2. The van der Waals surface area contributed by atoms with Crippen molar-refractivity contribution in [3.8, 4) is 11.5 Å². The monoisotopic (exact) mass is 880 g/mol. The molecule has 0 aliphatic carbocycles. The standard InChI is InChI=1S/C40H30Cl2N2O13S2/c41-27-11-15-31(16-12-27)58(49,50)43-21-29-19-33(45)35(53-23-25-7-3-1-4-8-25)37(55-29)39(47)57-40(48)38-36(54-24-26-9-5-2-6-10-26)34(46)20-30(56-38)22-44-59(51,52)32-17-13-28(42)14-18-32/h1-20,43-44H,21-24H2. The van der Waals surface area contributed by atoms with Crippen LogP contribution >= 0.6 is 23.2 Å². The van der Waals surface area contributed by atoms with E-state index in [9.17, 15) is 36.0 Å². The first-order valence-corrected chi connectivity index (χ1v) is 20.9. The number of carbonyl (C=O) groups is 2. The number of rotatable bonds is 16. The van der Waals surface area contributed by atoms with Crippen LogP contribution in [0.2, 0.25) is 10.0 Å². The second-order valence-corrected chi connectivity index (χ2v) is 16.7. The number of ether oxygens (including phenoxy) is 3. The van der Waals surface area contributed by atoms with Crippen LogP contribution in [0.5, 0.6) is 11.5 Å². The maximum Gasteiger partial charge on any atom is 0.386 e. The lowest BCUT2D eigenvalue weighted by molar-refractivity contribution is 0.0337. The van der Waals surface area contributed by atoms with E-state index in [1.54, 1.807) is 60.7 Å². The molecule has 2 heterocycles. The fourth-order valence-corrected chi connectivity index (χ4v) is 7.38. The Morgan fingerprint density at radius 1 is 0.542 bits per heavy atom. The zero-order valence-electron chi connectivity index (χ0n) is 30.3. The van der Waals surface area contributed by atoms with Gasteiger partial charge in [-0.05, 0) is 59.7 Å². The molecule has 0 atom stereocenters. The van der Waals surface area contributed by atoms with Crippen LogP contribution in [0.3, 0.4) is 0 Å². The van der Waals surface area contributed by atoms with Crippen LogP contribution in [-0.4, -0.2) is 28.8 Å². The van der Waals surface area contributed by atoms with Gasteiger partial charge in [0.25, 0.3) is 11.5 Å². The quantitative estimate of drug-likeness (QED) is 0.0843. The topological polar surface area (TPSA) is 215 Å². The van der Waals surface area contributed by atoms with Gasteiger partial charge in [-0.2, -0.15) is 0 Å². The lowest BCUT2D eigenvalue weighted by atomic mass is 10.2. The van der Waals surface area contributed by atoms with Gasteiger partial charge < -0.3 is 23.0 Å². The van der Waals surface area contributed by atoms with Gasteiger partial charge in [-0.15, -0.1) is 0 Å². The summed E-state index contributed by atoms with van der Waals surface area (Å²) in [6.07, 6.45) is 0. The summed E-state index contributed by atoms with van der Waals surface area (Å²) in [5, 5.41) is 0.580. The number of hydrogen-bond acceptors (Lipinski definition) is 13. The Labute approximate surface area is 346 Å². The predicted molar refractivity (Wildman–Crippen MR) is 212 cm³/mol. The van der Waals surface area contributed by atoms with E-state index < -0.39 is 79.0 Å². The molecule has 59 heavy (non-hydrogen) atoms. The van der Waals surface area contributed by atoms with E-state index in [2.05, 4.69) is 9.44 Å². The Kier molecular flexibility index (Phi) is 13.5. The smallest absolute Gasteiger partial charge is 0.386 e. The van der Waals surface area contributed by atoms with Gasteiger partial charge in [0.2, 0.25) is 42.4 Å². The van der Waals surface area contributed by atoms with Gasteiger partial charge in [0.1, 0.15) is 24.7 Å². The predicted octanol–water partition coefficient (Wildman–Crippen LogP) is 6.01. The Balaban J connectivity index is 1.31. The molecule has 0 spiro atoms. The number of sulfonamides is 2. The number of hydrogen-bond donors (Lipinski definition) is 2. The van der Waals surface area contributed by atoms with E-state index in [0.29, 0.717) is 21.2 Å². The van der Waals surface area contributed by atoms with E-state index in [-0.39, 0.29) is 34.5 Å². The average molecular weight is 882 g/mol. The summed E-state index contributed by atoms with van der Waals surface area (Å²) >= 11 is 11.7. The molecule has 0 fully saturated rings. The molecule has 0 saturated carbocycles. The van der Waals surface area contributed by atoms with Gasteiger partial charge >= 0.3 is 11.9 Å². The molecule has 0 radical (unpaired) electrons. The number of halogens is 2. The summed E-state index contributed by atoms with van der Waals surface area (Å²) in [5.41, 5.74) is -0.735. The van der Waals surface area contributed by atoms with Crippen molar-refractivity contribution in [3.63, 3.8) is 0 Å². The molecule has 6 rings (SSSR count). The molecule has 0 aliphatic rings. The molecule has 2 aromatic heterocycles. The van der Waals surface area contributed by atoms with Gasteiger partial charge in [-0.1, -0.05) is 83.9 Å². The number of carbonyl (C=O) groups excluding carboxylic acids is 2. The highest BCUT2D eigenvalue weighted by Crippen LogP contribution is 2.24. The van der Waals surface area contributed by atoms with Crippen LogP contribution < -0.4 is 29.8 Å². The molecule has 2 N–H and O–H groups in total. The first-order valence-electron chi connectivity index (χ1n) is 17.1. The third kappa shape index (κ3) is 11.1. The zero-order valence-corrected chi connectivity index (χ0v) is 33.4. The molecular formula is C40H30Cl2N2O13S2. The van der Waals surface area contributed by atoms with Crippen LogP contribution in [0.4, 0.5) is 0 Å². The first kappa shape index (κ1) is 42.5. The van der Waals surface area contributed by atoms with Crippen molar-refractivity contribution in [2.75, 3.05) is 0 Å². The minimum atomic E-state index is -4.18. The minimum Gasteiger partial charge on any atom is -0.481 e. The molecule has 304 valence electrons. The molecule has 15 nitrogen and oxygen atoms in total. The molecule has 6 aromatic rings. The normalized spacial score (nSPS) is 11.5. The average Bonchev–Trinajstić information content (AvgIpc) is 3.22. The minimum absolute atomic E-state index is 0.163. The van der Waals surface area contributed by atoms with Crippen LogP contribution in [0.25, 0.3) is 0 Å². The molecular weight excluding hydrogens is 851 g/mol. The highest BCUT2D eigenvalue weighted by atomic mass is 35.5. The molecule has 0 bridgehead atoms. The molecule has 0 unspecified atom stereocenters. The van der Waals surface area contributed by atoms with E-state index in [0.717, 1.165) is 12.1 Å². The summed E-state index contributed by atoms with van der Waals surface area (Å²) in [6, 6.07) is 29.1. The largest absolute Gasteiger partial charge is 0.481 e. The summed E-state index contributed by atoms with van der Waals surface area (Å²) in [7, 11) is -8.36. The van der Waals surface area contributed by atoms with Crippen molar-refractivity contribution in [1.82, 2.24) is 9.44 Å². The Morgan fingerprint density at radius 3 is 1.25 bits per heavy atom. The summed E-state index contributed by atoms with van der Waals surface area (Å²) < 4.78 is 83.9. The fraction of sp³-hybridized carbons (Fsp3) is 0.100. The lowest BCUT2D eigenvalue weighted by Crippen LogP contribution is -2.26. The maximum atomic E-state index is 13.7. The summed E-state index contributed by atoms with van der Waals surface area (Å²) in [4.78, 5) is 54.0. The highest BCUT2D eigenvalue weighted by Gasteiger charge is 2.30. The van der Waals surface area contributed by atoms with Crippen molar-refractivity contribution in [2.45, 2.75) is 36.1 Å². The second-order valence-electron chi connectivity index (χ2n) is 12.3. The molecule has 19 heteroatoms. The van der Waals surface area contributed by atoms with Crippen molar-refractivity contribution in [2.24, 2.45) is 0 Å². The van der Waals surface area contributed by atoms with Crippen LogP contribution in [0.15, 0.2) is 150 Å². The molecule has 4 aromatic carbocycles. The molecule has 0 saturated heterocycles. The van der Waals surface area contributed by atoms with Crippen molar-refractivity contribution < 1.29 is 49.5 Å². The van der Waals surface area contributed by atoms with Crippen molar-refractivity contribution in [1.29, 1.82) is 0 Å². The van der Waals surface area contributed by atoms with Gasteiger partial charge in [0.15, 0.2) is 0 Å². The fourth-order valence-electron chi connectivity index (χ4n) is 5.14. The van der Waals surface area contributed by atoms with Crippen molar-refractivity contribution >= 4 is 55.2 Å². The van der Waals surface area contributed by atoms with Crippen LogP contribution in [0.1, 0.15) is 43.8 Å². The third-order valence-corrected chi connectivity index (χ3v) is 11.4. The van der Waals surface area contributed by atoms with E-state index in [1.165, 1.54) is 48.5 Å². The third-order valence-electron chi connectivity index (χ3n) is 8.04. The number of nitrogens with one attached hydrogen (secondary N) is 2. The van der Waals surface area contributed by atoms with Gasteiger partial charge in [-0.25, -0.2) is 35.9 Å². The van der Waals surface area contributed by atoms with Gasteiger partial charge in [0.05, 0.1) is 22.9 Å². The van der Waals surface area contributed by atoms with Crippen LogP contribution in [0, 0.1) is 0 Å². The molecule has 0 aliphatic heterocycles. The maximum absolute atomic E-state index is 13.7. The number of benzene rings is 4.